The molecule has 1 aromatic rings. The van der Waals surface area contributed by atoms with Gasteiger partial charge >= 0.3 is 9.84 Å². The number of alkyl halides is 5. The van der Waals surface area contributed by atoms with E-state index in [0.717, 1.165) is 0 Å². The van der Waals surface area contributed by atoms with Crippen LogP contribution in [0.2, 0.25) is 0 Å². The van der Waals surface area contributed by atoms with Crippen molar-refractivity contribution >= 4 is 34.8 Å². The highest BCUT2D eigenvalue weighted by molar-refractivity contribution is 6.51. The first-order valence-corrected chi connectivity index (χ1v) is 4.78. The third kappa shape index (κ3) is 1.97. The van der Waals surface area contributed by atoms with Gasteiger partial charge in [-0.25, -0.2) is 9.07 Å². The summed E-state index contributed by atoms with van der Waals surface area (Å²) in [6.07, 6.45) is 0. The van der Waals surface area contributed by atoms with Crippen LogP contribution in [0, 0.1) is 13.8 Å². The van der Waals surface area contributed by atoms with Crippen LogP contribution in [0.5, 0.6) is 0 Å². The molecule has 0 radical (unpaired) electrons. The second kappa shape index (κ2) is 3.51. The zero-order valence-corrected chi connectivity index (χ0v) is 9.63. The number of aromatic nitrogens is 2. The highest BCUT2D eigenvalue weighted by Gasteiger charge is 2.53. The summed E-state index contributed by atoms with van der Waals surface area (Å²) in [4.78, 5) is 0. The Morgan fingerprint density at radius 1 is 1.29 bits per heavy atom. The van der Waals surface area contributed by atoms with E-state index in [-0.39, 0.29) is 0 Å². The van der Waals surface area contributed by atoms with Crippen molar-refractivity contribution in [1.29, 1.82) is 0 Å². The zero-order chi connectivity index (χ0) is 11.1. The predicted octanol–water partition coefficient (Wildman–Crippen LogP) is 3.42. The molecule has 0 bridgehead atoms. The molecule has 2 nitrogen and oxygen atoms in total. The van der Waals surface area contributed by atoms with Crippen LogP contribution in [0.3, 0.4) is 0 Å². The van der Waals surface area contributed by atoms with E-state index in [4.69, 9.17) is 34.8 Å². The fourth-order valence-electron chi connectivity index (χ4n) is 1.03. The standard InChI is InChI=1S/C7H7Cl3F2N2/c1-4-3-5(2)14(13-4)7(10,12)6(8,9)11/h3H,1-2H3. The minimum absolute atomic E-state index is 0.323. The van der Waals surface area contributed by atoms with Crippen LogP contribution >= 0.6 is 34.8 Å². The van der Waals surface area contributed by atoms with Crippen molar-refractivity contribution in [2.75, 3.05) is 0 Å². The molecule has 1 heterocycles. The van der Waals surface area contributed by atoms with Crippen LogP contribution < -0.4 is 0 Å². The van der Waals surface area contributed by atoms with E-state index in [9.17, 15) is 8.78 Å². The maximum Gasteiger partial charge on any atom is 0.340 e. The summed E-state index contributed by atoms with van der Waals surface area (Å²) in [6, 6.07) is 1.52. The van der Waals surface area contributed by atoms with E-state index in [1.165, 1.54) is 13.0 Å². The molecule has 0 spiro atoms. The summed E-state index contributed by atoms with van der Waals surface area (Å²) in [5.74, 6) is 0. The van der Waals surface area contributed by atoms with Gasteiger partial charge in [-0.2, -0.15) is 9.49 Å². The van der Waals surface area contributed by atoms with E-state index < -0.39 is 9.84 Å². The third-order valence-electron chi connectivity index (χ3n) is 1.62. The first kappa shape index (κ1) is 12.0. The molecule has 0 N–H and O–H groups in total. The molecule has 14 heavy (non-hydrogen) atoms. The molecule has 80 valence electrons. The van der Waals surface area contributed by atoms with Gasteiger partial charge < -0.3 is 0 Å². The second-order valence-electron chi connectivity index (χ2n) is 2.88. The zero-order valence-electron chi connectivity index (χ0n) is 7.36. The molecule has 0 aliphatic heterocycles. The minimum atomic E-state index is -3.25. The summed E-state index contributed by atoms with van der Waals surface area (Å²) < 4.78 is 24.0. The van der Waals surface area contributed by atoms with Gasteiger partial charge in [-0.3, -0.25) is 0 Å². The van der Waals surface area contributed by atoms with Crippen LogP contribution in [-0.2, 0) is 5.25 Å². The van der Waals surface area contributed by atoms with E-state index in [0.29, 0.717) is 16.1 Å². The summed E-state index contributed by atoms with van der Waals surface area (Å²) in [6.45, 7) is 3.12. The van der Waals surface area contributed by atoms with Crippen molar-refractivity contribution < 1.29 is 8.78 Å². The molecule has 1 atom stereocenters. The number of aryl methyl sites for hydroxylation is 2. The lowest BCUT2D eigenvalue weighted by molar-refractivity contribution is 0.0675. The SMILES string of the molecule is Cc1cc(C)n(C(F)(Cl)C(F)(Cl)Cl)n1. The Bertz CT molecular complexity index is 343. The third-order valence-corrected chi connectivity index (χ3v) is 2.73. The van der Waals surface area contributed by atoms with Gasteiger partial charge in [0.15, 0.2) is 0 Å². The van der Waals surface area contributed by atoms with Crippen molar-refractivity contribution in [2.24, 2.45) is 0 Å². The predicted molar refractivity (Wildman–Crippen MR) is 52.2 cm³/mol. The number of halogens is 5. The van der Waals surface area contributed by atoms with Crippen molar-refractivity contribution in [3.05, 3.63) is 17.5 Å². The lowest BCUT2D eigenvalue weighted by atomic mass is 10.4. The van der Waals surface area contributed by atoms with Gasteiger partial charge in [0, 0.05) is 5.69 Å². The fraction of sp³-hybridized carbons (Fsp3) is 0.571. The number of hydrogen-bond donors (Lipinski definition) is 0. The Morgan fingerprint density at radius 2 is 1.79 bits per heavy atom. The van der Waals surface area contributed by atoms with E-state index >= 15 is 0 Å². The average molecular weight is 264 g/mol. The average Bonchev–Trinajstić information content (AvgIpc) is 2.27. The quantitative estimate of drug-likeness (QED) is 0.748. The largest absolute Gasteiger partial charge is 0.340 e. The monoisotopic (exact) mass is 262 g/mol. The molecule has 0 aromatic carbocycles. The van der Waals surface area contributed by atoms with Crippen LogP contribution in [0.4, 0.5) is 8.78 Å². The highest BCUT2D eigenvalue weighted by Crippen LogP contribution is 2.45. The number of hydrogen-bond acceptors (Lipinski definition) is 1. The molecule has 1 unspecified atom stereocenters. The van der Waals surface area contributed by atoms with Gasteiger partial charge in [0.25, 0.3) is 0 Å². The maximum absolute atomic E-state index is 13.6. The van der Waals surface area contributed by atoms with Crippen LogP contribution in [-0.4, -0.2) is 14.4 Å². The Balaban J connectivity index is 3.22. The van der Waals surface area contributed by atoms with E-state index in [1.807, 2.05) is 0 Å². The Kier molecular flexibility index (Phi) is 3.01. The molecule has 1 aromatic heterocycles. The van der Waals surface area contributed by atoms with Gasteiger partial charge in [-0.05, 0) is 19.9 Å². The van der Waals surface area contributed by atoms with Gasteiger partial charge in [0.05, 0.1) is 5.69 Å². The first-order chi connectivity index (χ1) is 6.16. The molecule has 0 fully saturated rings. The molecule has 0 saturated heterocycles. The molecular formula is C7H7Cl3F2N2. The van der Waals surface area contributed by atoms with Gasteiger partial charge in [-0.1, -0.05) is 34.8 Å². The normalized spacial score (nSPS) is 16.8. The molecule has 0 saturated carbocycles. The van der Waals surface area contributed by atoms with E-state index in [1.54, 1.807) is 6.92 Å². The number of rotatable bonds is 2. The molecule has 1 rings (SSSR count). The van der Waals surface area contributed by atoms with Crippen LogP contribution in [0.25, 0.3) is 0 Å². The van der Waals surface area contributed by atoms with Crippen LogP contribution in [0.1, 0.15) is 11.4 Å². The molecule has 0 aliphatic carbocycles. The first-order valence-electron chi connectivity index (χ1n) is 3.64. The topological polar surface area (TPSA) is 17.8 Å². The maximum atomic E-state index is 13.6. The van der Waals surface area contributed by atoms with Gasteiger partial charge in [-0.15, -0.1) is 0 Å². The molecule has 0 aliphatic rings. The van der Waals surface area contributed by atoms with Crippen molar-refractivity contribution in [3.63, 3.8) is 0 Å². The molecule has 0 amide bonds. The summed E-state index contributed by atoms with van der Waals surface area (Å²) in [5.41, 5.74) is 0.811. The lowest BCUT2D eigenvalue weighted by Gasteiger charge is -2.25. The van der Waals surface area contributed by atoms with Crippen molar-refractivity contribution in [2.45, 2.75) is 23.7 Å². The Morgan fingerprint density at radius 3 is 2.07 bits per heavy atom. The molecule has 7 heteroatoms. The van der Waals surface area contributed by atoms with Crippen molar-refractivity contribution in [3.8, 4) is 0 Å². The summed E-state index contributed by atoms with van der Waals surface area (Å²) >= 11 is 15.2. The molecular weight excluding hydrogens is 256 g/mol. The lowest BCUT2D eigenvalue weighted by Crippen LogP contribution is -2.38. The highest BCUT2D eigenvalue weighted by atomic mass is 35.5. The smallest absolute Gasteiger partial charge is 0.215 e. The Hall–Kier alpha value is -0.0600. The minimum Gasteiger partial charge on any atom is -0.215 e. The van der Waals surface area contributed by atoms with E-state index in [2.05, 4.69) is 5.10 Å². The van der Waals surface area contributed by atoms with Gasteiger partial charge in [0.2, 0.25) is 0 Å². The van der Waals surface area contributed by atoms with Gasteiger partial charge in [0.1, 0.15) is 0 Å². The van der Waals surface area contributed by atoms with Crippen molar-refractivity contribution in [1.82, 2.24) is 9.78 Å². The fourth-order valence-corrected chi connectivity index (χ4v) is 1.36. The number of nitrogens with zero attached hydrogens (tertiary/aromatic N) is 2. The second-order valence-corrected chi connectivity index (χ2v) is 4.61. The summed E-state index contributed by atoms with van der Waals surface area (Å²) in [7, 11) is 0. The van der Waals surface area contributed by atoms with Crippen LogP contribution in [0.15, 0.2) is 6.07 Å². The summed E-state index contributed by atoms with van der Waals surface area (Å²) in [5, 5.41) is 0.533. The Labute approximate surface area is 94.7 Å².